The summed E-state index contributed by atoms with van der Waals surface area (Å²) in [5, 5.41) is 1.03. The lowest BCUT2D eigenvalue weighted by molar-refractivity contribution is 0.307. The summed E-state index contributed by atoms with van der Waals surface area (Å²) in [6.07, 6.45) is 9.43. The molecule has 1 aromatic carbocycles. The van der Waals surface area contributed by atoms with E-state index in [-0.39, 0.29) is 0 Å². The van der Waals surface area contributed by atoms with Gasteiger partial charge in [0, 0.05) is 17.3 Å². The SMILES string of the molecule is CCCCCCCCOc1ccnc2cc(N)ccc12. The maximum atomic E-state index is 5.88. The van der Waals surface area contributed by atoms with E-state index in [0.717, 1.165) is 35.4 Å². The smallest absolute Gasteiger partial charge is 0.130 e. The van der Waals surface area contributed by atoms with Gasteiger partial charge in [0.2, 0.25) is 0 Å². The minimum Gasteiger partial charge on any atom is -0.493 e. The first-order chi connectivity index (χ1) is 9.81. The van der Waals surface area contributed by atoms with Crippen molar-refractivity contribution < 1.29 is 4.74 Å². The Balaban J connectivity index is 1.84. The summed E-state index contributed by atoms with van der Waals surface area (Å²) in [4.78, 5) is 4.32. The highest BCUT2D eigenvalue weighted by Crippen LogP contribution is 2.25. The van der Waals surface area contributed by atoms with Crippen LogP contribution in [0.2, 0.25) is 0 Å². The minimum atomic E-state index is 0.734. The van der Waals surface area contributed by atoms with Crippen LogP contribution in [0.3, 0.4) is 0 Å². The molecule has 0 atom stereocenters. The molecule has 1 aromatic heterocycles. The number of nitrogens with two attached hydrogens (primary N) is 1. The molecule has 2 N–H and O–H groups in total. The van der Waals surface area contributed by atoms with Crippen LogP contribution in [0.5, 0.6) is 5.75 Å². The third-order valence-corrected chi connectivity index (χ3v) is 3.48. The summed E-state index contributed by atoms with van der Waals surface area (Å²) in [6, 6.07) is 7.68. The van der Waals surface area contributed by atoms with Crippen LogP contribution in [0.4, 0.5) is 5.69 Å². The van der Waals surface area contributed by atoms with Crippen molar-refractivity contribution >= 4 is 16.6 Å². The highest BCUT2D eigenvalue weighted by atomic mass is 16.5. The average molecular weight is 272 g/mol. The summed E-state index contributed by atoms with van der Waals surface area (Å²) in [5.74, 6) is 0.906. The number of pyridine rings is 1. The molecule has 0 spiro atoms. The van der Waals surface area contributed by atoms with Crippen LogP contribution < -0.4 is 10.5 Å². The molecule has 20 heavy (non-hydrogen) atoms. The number of fused-ring (bicyclic) bond motifs is 1. The Morgan fingerprint density at radius 1 is 1.05 bits per heavy atom. The standard InChI is InChI=1S/C17H24N2O/c1-2-3-4-5-6-7-12-20-17-10-11-19-16-13-14(18)8-9-15(16)17/h8-11,13H,2-7,12,18H2,1H3. The van der Waals surface area contributed by atoms with Crippen LogP contribution >= 0.6 is 0 Å². The predicted octanol–water partition coefficient (Wildman–Crippen LogP) is 4.56. The molecule has 0 aliphatic heterocycles. The van der Waals surface area contributed by atoms with Gasteiger partial charge >= 0.3 is 0 Å². The van der Waals surface area contributed by atoms with Gasteiger partial charge in [0.25, 0.3) is 0 Å². The van der Waals surface area contributed by atoms with Crippen LogP contribution in [-0.4, -0.2) is 11.6 Å². The number of hydrogen-bond donors (Lipinski definition) is 1. The Kier molecular flexibility index (Phi) is 5.66. The number of rotatable bonds is 8. The molecule has 0 radical (unpaired) electrons. The van der Waals surface area contributed by atoms with Gasteiger partial charge in [-0.1, -0.05) is 39.0 Å². The monoisotopic (exact) mass is 272 g/mol. The van der Waals surface area contributed by atoms with E-state index < -0.39 is 0 Å². The molecule has 3 heteroatoms. The lowest BCUT2D eigenvalue weighted by Crippen LogP contribution is -1.98. The normalized spacial score (nSPS) is 10.8. The lowest BCUT2D eigenvalue weighted by atomic mass is 10.1. The first kappa shape index (κ1) is 14.6. The van der Waals surface area contributed by atoms with Gasteiger partial charge in [-0.25, -0.2) is 0 Å². The Bertz CT molecular complexity index is 540. The van der Waals surface area contributed by atoms with E-state index in [1.165, 1.54) is 32.1 Å². The van der Waals surface area contributed by atoms with Gasteiger partial charge in [-0.05, 0) is 30.7 Å². The van der Waals surface area contributed by atoms with E-state index in [0.29, 0.717) is 0 Å². The molecule has 0 aliphatic carbocycles. The third kappa shape index (κ3) is 4.12. The number of aromatic nitrogens is 1. The van der Waals surface area contributed by atoms with Gasteiger partial charge in [-0.3, -0.25) is 4.98 Å². The van der Waals surface area contributed by atoms with Crippen LogP contribution in [0.15, 0.2) is 30.5 Å². The van der Waals surface area contributed by atoms with E-state index in [9.17, 15) is 0 Å². The first-order valence-corrected chi connectivity index (χ1v) is 7.58. The van der Waals surface area contributed by atoms with Gasteiger partial charge in [0.15, 0.2) is 0 Å². The van der Waals surface area contributed by atoms with E-state index in [1.54, 1.807) is 6.20 Å². The first-order valence-electron chi connectivity index (χ1n) is 7.58. The van der Waals surface area contributed by atoms with Crippen molar-refractivity contribution in [3.05, 3.63) is 30.5 Å². The van der Waals surface area contributed by atoms with Crippen molar-refractivity contribution in [1.29, 1.82) is 0 Å². The molecule has 0 saturated heterocycles. The van der Waals surface area contributed by atoms with Crippen LogP contribution in [0.1, 0.15) is 45.4 Å². The molecule has 1 heterocycles. The molecule has 2 rings (SSSR count). The highest BCUT2D eigenvalue weighted by molar-refractivity contribution is 5.87. The zero-order chi connectivity index (χ0) is 14.2. The molecular formula is C17H24N2O. The van der Waals surface area contributed by atoms with Crippen LogP contribution in [0.25, 0.3) is 10.9 Å². The fourth-order valence-electron chi connectivity index (χ4n) is 2.33. The Hall–Kier alpha value is -1.77. The maximum Gasteiger partial charge on any atom is 0.130 e. The summed E-state index contributed by atoms with van der Waals surface area (Å²) in [7, 11) is 0. The van der Waals surface area contributed by atoms with E-state index in [1.807, 2.05) is 24.3 Å². The van der Waals surface area contributed by atoms with E-state index >= 15 is 0 Å². The largest absolute Gasteiger partial charge is 0.493 e. The van der Waals surface area contributed by atoms with Crippen molar-refractivity contribution in [2.75, 3.05) is 12.3 Å². The molecule has 108 valence electrons. The predicted molar refractivity (Wildman–Crippen MR) is 85.0 cm³/mol. The summed E-state index contributed by atoms with van der Waals surface area (Å²) < 4.78 is 5.88. The average Bonchev–Trinajstić information content (AvgIpc) is 2.46. The fraction of sp³-hybridized carbons (Fsp3) is 0.471. The van der Waals surface area contributed by atoms with Crippen molar-refractivity contribution in [1.82, 2.24) is 4.98 Å². The number of anilines is 1. The number of nitrogen functional groups attached to an aromatic ring is 1. The zero-order valence-electron chi connectivity index (χ0n) is 12.3. The Morgan fingerprint density at radius 3 is 2.70 bits per heavy atom. The van der Waals surface area contributed by atoms with Gasteiger partial charge in [-0.2, -0.15) is 0 Å². The Labute approximate surface area is 121 Å². The van der Waals surface area contributed by atoms with Gasteiger partial charge in [-0.15, -0.1) is 0 Å². The number of benzene rings is 1. The second kappa shape index (κ2) is 7.73. The topological polar surface area (TPSA) is 48.1 Å². The summed E-state index contributed by atoms with van der Waals surface area (Å²) >= 11 is 0. The lowest BCUT2D eigenvalue weighted by Gasteiger charge is -2.09. The maximum absolute atomic E-state index is 5.88. The van der Waals surface area contributed by atoms with E-state index in [4.69, 9.17) is 10.5 Å². The van der Waals surface area contributed by atoms with Crippen molar-refractivity contribution in [3.8, 4) is 5.75 Å². The number of ether oxygens (including phenoxy) is 1. The Morgan fingerprint density at radius 2 is 1.85 bits per heavy atom. The van der Waals surface area contributed by atoms with E-state index in [2.05, 4.69) is 11.9 Å². The van der Waals surface area contributed by atoms with Gasteiger partial charge < -0.3 is 10.5 Å². The quantitative estimate of drug-likeness (QED) is 0.566. The van der Waals surface area contributed by atoms with Crippen LogP contribution in [0, 0.1) is 0 Å². The van der Waals surface area contributed by atoms with Gasteiger partial charge in [0.1, 0.15) is 5.75 Å². The zero-order valence-corrected chi connectivity index (χ0v) is 12.3. The molecule has 0 amide bonds. The molecule has 0 bridgehead atoms. The second-order valence-electron chi connectivity index (χ2n) is 5.20. The molecule has 0 unspecified atom stereocenters. The van der Waals surface area contributed by atoms with Gasteiger partial charge in [0.05, 0.1) is 12.1 Å². The number of nitrogens with zero attached hydrogens (tertiary/aromatic N) is 1. The van der Waals surface area contributed by atoms with Crippen LogP contribution in [-0.2, 0) is 0 Å². The van der Waals surface area contributed by atoms with Crippen molar-refractivity contribution in [3.63, 3.8) is 0 Å². The highest BCUT2D eigenvalue weighted by Gasteiger charge is 2.03. The summed E-state index contributed by atoms with van der Waals surface area (Å²) in [6.45, 7) is 3.01. The second-order valence-corrected chi connectivity index (χ2v) is 5.20. The third-order valence-electron chi connectivity index (χ3n) is 3.48. The molecule has 0 saturated carbocycles. The molecule has 0 fully saturated rings. The fourth-order valence-corrected chi connectivity index (χ4v) is 2.33. The summed E-state index contributed by atoms with van der Waals surface area (Å²) in [5.41, 5.74) is 7.40. The van der Waals surface area contributed by atoms with Crippen molar-refractivity contribution in [2.45, 2.75) is 45.4 Å². The van der Waals surface area contributed by atoms with Crippen molar-refractivity contribution in [2.24, 2.45) is 0 Å². The molecular weight excluding hydrogens is 248 g/mol. The number of unbranched alkanes of at least 4 members (excludes halogenated alkanes) is 5. The minimum absolute atomic E-state index is 0.734. The molecule has 0 aliphatic rings. The molecule has 3 nitrogen and oxygen atoms in total. The molecule has 2 aromatic rings. The number of hydrogen-bond acceptors (Lipinski definition) is 3.